The van der Waals surface area contributed by atoms with E-state index in [0.29, 0.717) is 29.3 Å². The largest absolute Gasteiger partial charge is 0.507 e. The van der Waals surface area contributed by atoms with Crippen LogP contribution in [-0.4, -0.2) is 60.9 Å². The molecule has 34 heavy (non-hydrogen) atoms. The molecule has 0 radical (unpaired) electrons. The van der Waals surface area contributed by atoms with Crippen LogP contribution in [0.25, 0.3) is 5.76 Å². The van der Waals surface area contributed by atoms with Crippen LogP contribution in [0.2, 0.25) is 5.02 Å². The number of hydrogen-bond donors (Lipinski definition) is 1. The van der Waals surface area contributed by atoms with E-state index in [0.717, 1.165) is 17.7 Å². The quantitative estimate of drug-likeness (QED) is 0.339. The Kier molecular flexibility index (Phi) is 7.74. The number of carbonyl (C=O) groups excluding carboxylic acids is 2. The lowest BCUT2D eigenvalue weighted by Crippen LogP contribution is -2.32. The second-order valence-corrected chi connectivity index (χ2v) is 10.3. The van der Waals surface area contributed by atoms with E-state index in [2.05, 4.69) is 20.8 Å². The molecule has 0 unspecified atom stereocenters. The smallest absolute Gasteiger partial charge is 0.295 e. The number of amides is 1. The van der Waals surface area contributed by atoms with Crippen LogP contribution in [0.3, 0.4) is 0 Å². The van der Waals surface area contributed by atoms with Crippen LogP contribution < -0.4 is 4.74 Å². The minimum absolute atomic E-state index is 0.0358. The molecule has 1 fully saturated rings. The van der Waals surface area contributed by atoms with Crippen molar-refractivity contribution in [3.05, 3.63) is 69.8 Å². The number of ether oxygens (including phenoxy) is 1. The van der Waals surface area contributed by atoms with Gasteiger partial charge in [-0.05, 0) is 61.8 Å². The van der Waals surface area contributed by atoms with E-state index in [1.54, 1.807) is 17.0 Å². The summed E-state index contributed by atoms with van der Waals surface area (Å²) in [5, 5.41) is 11.5. The zero-order valence-electron chi connectivity index (χ0n) is 20.7. The summed E-state index contributed by atoms with van der Waals surface area (Å²) < 4.78 is 5.19. The molecular weight excluding hydrogens is 452 g/mol. The molecule has 7 heteroatoms. The Morgan fingerprint density at radius 2 is 1.76 bits per heavy atom. The number of Topliss-reactive ketones (excluding diaryl/α,β-unsaturated/α-hetero) is 1. The summed E-state index contributed by atoms with van der Waals surface area (Å²) in [5.41, 5.74) is 2.31. The van der Waals surface area contributed by atoms with E-state index < -0.39 is 17.7 Å². The summed E-state index contributed by atoms with van der Waals surface area (Å²) in [7, 11) is 5.43. The molecule has 2 aromatic rings. The number of hydrogen-bond acceptors (Lipinski definition) is 5. The van der Waals surface area contributed by atoms with Gasteiger partial charge in [-0.25, -0.2) is 0 Å². The monoisotopic (exact) mass is 484 g/mol. The number of likely N-dealkylation sites (tertiary alicyclic amines) is 1. The molecule has 1 atom stereocenters. The summed E-state index contributed by atoms with van der Waals surface area (Å²) in [6.45, 7) is 7.55. The summed E-state index contributed by atoms with van der Waals surface area (Å²) in [6, 6.07) is 12.0. The zero-order chi connectivity index (χ0) is 25.2. The van der Waals surface area contributed by atoms with Gasteiger partial charge in [0.2, 0.25) is 0 Å². The van der Waals surface area contributed by atoms with E-state index in [9.17, 15) is 14.7 Å². The van der Waals surface area contributed by atoms with Crippen LogP contribution in [0.5, 0.6) is 5.75 Å². The number of methoxy groups -OCH3 is 1. The molecule has 1 aliphatic rings. The van der Waals surface area contributed by atoms with E-state index >= 15 is 0 Å². The fourth-order valence-electron chi connectivity index (χ4n) is 4.15. The van der Waals surface area contributed by atoms with Crippen LogP contribution in [0, 0.1) is 0 Å². The highest BCUT2D eigenvalue weighted by atomic mass is 35.5. The van der Waals surface area contributed by atoms with Gasteiger partial charge in [0.05, 0.1) is 23.7 Å². The molecule has 1 aliphatic heterocycles. The number of ketones is 1. The normalized spacial score (nSPS) is 18.1. The second-order valence-electron chi connectivity index (χ2n) is 9.87. The highest BCUT2D eigenvalue weighted by molar-refractivity contribution is 6.46. The molecule has 6 nitrogen and oxygen atoms in total. The van der Waals surface area contributed by atoms with Gasteiger partial charge in [0.1, 0.15) is 11.5 Å². The number of benzene rings is 2. The Morgan fingerprint density at radius 1 is 1.12 bits per heavy atom. The average molecular weight is 485 g/mol. The summed E-state index contributed by atoms with van der Waals surface area (Å²) >= 11 is 6.26. The van der Waals surface area contributed by atoms with Crippen molar-refractivity contribution in [2.75, 3.05) is 34.3 Å². The molecule has 1 N–H and O–H groups in total. The van der Waals surface area contributed by atoms with Gasteiger partial charge >= 0.3 is 0 Å². The fourth-order valence-corrected chi connectivity index (χ4v) is 4.41. The number of halogens is 1. The topological polar surface area (TPSA) is 70.1 Å². The number of carbonyl (C=O) groups is 2. The molecule has 3 rings (SSSR count). The fraction of sp³-hybridized carbons (Fsp3) is 0.407. The first-order chi connectivity index (χ1) is 16.0. The van der Waals surface area contributed by atoms with Crippen LogP contribution in [0.1, 0.15) is 49.9 Å². The lowest BCUT2D eigenvalue weighted by molar-refractivity contribution is -0.139. The molecule has 0 aromatic heterocycles. The van der Waals surface area contributed by atoms with Crippen molar-refractivity contribution in [1.29, 1.82) is 0 Å². The second kappa shape index (κ2) is 10.2. The zero-order valence-corrected chi connectivity index (χ0v) is 21.4. The first-order valence-electron chi connectivity index (χ1n) is 11.3. The van der Waals surface area contributed by atoms with Crippen LogP contribution >= 0.6 is 11.6 Å². The van der Waals surface area contributed by atoms with E-state index in [-0.39, 0.29) is 16.7 Å². The first kappa shape index (κ1) is 25.8. The Morgan fingerprint density at radius 3 is 2.29 bits per heavy atom. The minimum Gasteiger partial charge on any atom is -0.507 e. The van der Waals surface area contributed by atoms with E-state index in [1.165, 1.54) is 13.2 Å². The SMILES string of the molecule is COc1ccc(C(O)=C2C(=O)C(=O)N(CCCN(C)C)[C@H]2c2ccc(C(C)(C)C)cc2)cc1Cl. The molecular formula is C27H33ClN2O4. The van der Waals surface area contributed by atoms with Crippen molar-refractivity contribution in [1.82, 2.24) is 9.80 Å². The third-order valence-electron chi connectivity index (χ3n) is 6.06. The Balaban J connectivity index is 2.11. The average Bonchev–Trinajstić information content (AvgIpc) is 3.02. The third kappa shape index (κ3) is 5.29. The molecule has 0 aliphatic carbocycles. The van der Waals surface area contributed by atoms with Gasteiger partial charge in [-0.2, -0.15) is 0 Å². The van der Waals surface area contributed by atoms with Crippen LogP contribution in [0.4, 0.5) is 0 Å². The van der Waals surface area contributed by atoms with Crippen molar-refractivity contribution in [3.8, 4) is 5.75 Å². The van der Waals surface area contributed by atoms with Gasteiger partial charge in [0, 0.05) is 12.1 Å². The molecule has 1 heterocycles. The van der Waals surface area contributed by atoms with E-state index in [4.69, 9.17) is 16.3 Å². The van der Waals surface area contributed by atoms with Crippen molar-refractivity contribution >= 4 is 29.1 Å². The predicted molar refractivity (Wildman–Crippen MR) is 135 cm³/mol. The number of nitrogens with zero attached hydrogens (tertiary/aromatic N) is 2. The van der Waals surface area contributed by atoms with Crippen molar-refractivity contribution < 1.29 is 19.4 Å². The summed E-state index contributed by atoms with van der Waals surface area (Å²) in [4.78, 5) is 29.8. The molecule has 0 spiro atoms. The van der Waals surface area contributed by atoms with Crippen molar-refractivity contribution in [3.63, 3.8) is 0 Å². The van der Waals surface area contributed by atoms with Crippen LogP contribution in [0.15, 0.2) is 48.0 Å². The molecule has 0 saturated carbocycles. The standard InChI is InChI=1S/C27H33ClN2O4/c1-27(2,3)19-11-8-17(9-12-19)23-22(24(31)18-10-13-21(34-6)20(28)16-18)25(32)26(33)30(23)15-7-14-29(4)5/h8-13,16,23,31H,7,14-15H2,1-6H3/t23-/m0/s1. The number of rotatable bonds is 7. The highest BCUT2D eigenvalue weighted by Crippen LogP contribution is 2.41. The Hall–Kier alpha value is -2.83. The maximum Gasteiger partial charge on any atom is 0.295 e. The molecule has 1 amide bonds. The summed E-state index contributed by atoms with van der Waals surface area (Å²) in [5.74, 6) is -1.09. The molecule has 0 bridgehead atoms. The number of aliphatic hydroxyl groups is 1. The predicted octanol–water partition coefficient (Wildman–Crippen LogP) is 5.02. The molecule has 182 valence electrons. The lowest BCUT2D eigenvalue weighted by Gasteiger charge is -2.27. The first-order valence-corrected chi connectivity index (χ1v) is 11.7. The van der Waals surface area contributed by atoms with Crippen LogP contribution in [-0.2, 0) is 15.0 Å². The van der Waals surface area contributed by atoms with Gasteiger partial charge in [0.25, 0.3) is 11.7 Å². The lowest BCUT2D eigenvalue weighted by atomic mass is 9.85. The van der Waals surface area contributed by atoms with Gasteiger partial charge in [-0.3, -0.25) is 9.59 Å². The minimum atomic E-state index is -0.695. The van der Waals surface area contributed by atoms with Crippen molar-refractivity contribution in [2.24, 2.45) is 0 Å². The van der Waals surface area contributed by atoms with Crippen molar-refractivity contribution in [2.45, 2.75) is 38.6 Å². The Labute approximate surface area is 206 Å². The Bertz CT molecular complexity index is 1100. The van der Waals surface area contributed by atoms with Gasteiger partial charge in [-0.1, -0.05) is 56.6 Å². The maximum absolute atomic E-state index is 13.2. The third-order valence-corrected chi connectivity index (χ3v) is 6.36. The van der Waals surface area contributed by atoms with E-state index in [1.807, 2.05) is 43.3 Å². The highest BCUT2D eigenvalue weighted by Gasteiger charge is 2.45. The van der Waals surface area contributed by atoms with Gasteiger partial charge in [-0.15, -0.1) is 0 Å². The maximum atomic E-state index is 13.2. The summed E-state index contributed by atoms with van der Waals surface area (Å²) in [6.07, 6.45) is 0.699. The molecule has 1 saturated heterocycles. The van der Waals surface area contributed by atoms with Gasteiger partial charge in [0.15, 0.2) is 0 Å². The van der Waals surface area contributed by atoms with Gasteiger partial charge < -0.3 is 19.6 Å². The molecule has 2 aromatic carbocycles. The number of aliphatic hydroxyl groups excluding tert-OH is 1.